The summed E-state index contributed by atoms with van der Waals surface area (Å²) in [6.07, 6.45) is 9.60. The topological polar surface area (TPSA) is 9.23 Å². The van der Waals surface area contributed by atoms with Crippen LogP contribution in [0.15, 0.2) is 72.8 Å². The molecule has 0 spiro atoms. The Hall–Kier alpha value is -2.40. The van der Waals surface area contributed by atoms with E-state index in [9.17, 15) is 0 Å². The number of hydrogen-bond acceptors (Lipinski definition) is 1. The first-order valence-corrected chi connectivity index (χ1v) is 10.6. The molecule has 3 aromatic rings. The van der Waals surface area contributed by atoms with Gasteiger partial charge in [0.05, 0.1) is 15.5 Å². The van der Waals surface area contributed by atoms with E-state index in [1.165, 1.54) is 5.56 Å². The lowest BCUT2D eigenvalue weighted by Crippen LogP contribution is -2.23. The number of para-hydroxylation sites is 1. The molecule has 1 nitrogen and oxygen atoms in total. The summed E-state index contributed by atoms with van der Waals surface area (Å²) in [5.41, 5.74) is 1.94. The summed E-state index contributed by atoms with van der Waals surface area (Å²) in [7, 11) is 0. The first kappa shape index (κ1) is 21.3. The quantitative estimate of drug-likeness (QED) is 0.333. The van der Waals surface area contributed by atoms with Crippen molar-refractivity contribution in [2.24, 2.45) is 0 Å². The van der Waals surface area contributed by atoms with Gasteiger partial charge in [0.2, 0.25) is 0 Å². The predicted octanol–water partition coefficient (Wildman–Crippen LogP) is 8.09. The molecule has 148 valence electrons. The lowest BCUT2D eigenvalue weighted by molar-refractivity contribution is 0.471. The van der Waals surface area contributed by atoms with Crippen molar-refractivity contribution in [2.75, 3.05) is 0 Å². The Morgan fingerprint density at radius 1 is 0.897 bits per heavy atom. The first-order valence-electron chi connectivity index (χ1n) is 9.81. The van der Waals surface area contributed by atoms with Gasteiger partial charge < -0.3 is 4.74 Å². The highest BCUT2D eigenvalue weighted by Crippen LogP contribution is 2.36. The molecule has 0 radical (unpaired) electrons. The molecule has 0 heterocycles. The van der Waals surface area contributed by atoms with E-state index in [-0.39, 0.29) is 5.41 Å². The van der Waals surface area contributed by atoms with Crippen LogP contribution >= 0.6 is 23.2 Å². The molecule has 29 heavy (non-hydrogen) atoms. The van der Waals surface area contributed by atoms with Crippen LogP contribution in [0.5, 0.6) is 11.5 Å². The van der Waals surface area contributed by atoms with E-state index < -0.39 is 0 Å². The van der Waals surface area contributed by atoms with Crippen LogP contribution in [0, 0.1) is 12.3 Å². The molecule has 3 heteroatoms. The minimum absolute atomic E-state index is 0.341. The Labute approximate surface area is 183 Å². The van der Waals surface area contributed by atoms with Gasteiger partial charge in [-0.2, -0.15) is 0 Å². The van der Waals surface area contributed by atoms with Gasteiger partial charge in [-0.3, -0.25) is 0 Å². The molecule has 0 fully saturated rings. The van der Waals surface area contributed by atoms with Crippen LogP contribution < -0.4 is 4.74 Å². The van der Waals surface area contributed by atoms with Crippen molar-refractivity contribution in [1.29, 1.82) is 0 Å². The molecule has 1 atom stereocenters. The molecular weight excluding hydrogens is 399 g/mol. The van der Waals surface area contributed by atoms with Crippen LogP contribution in [-0.2, 0) is 11.8 Å². The number of benzene rings is 3. The third kappa shape index (κ3) is 5.36. The zero-order valence-electron chi connectivity index (χ0n) is 16.5. The Morgan fingerprint density at radius 2 is 1.66 bits per heavy atom. The summed E-state index contributed by atoms with van der Waals surface area (Å²) in [5.74, 6) is 4.71. The zero-order chi connectivity index (χ0) is 20.7. The summed E-state index contributed by atoms with van der Waals surface area (Å²) in [6.45, 7) is 2.12. The van der Waals surface area contributed by atoms with E-state index in [4.69, 9.17) is 34.4 Å². The number of hydrogen-bond donors (Lipinski definition) is 0. The average Bonchev–Trinajstić information content (AvgIpc) is 2.75. The van der Waals surface area contributed by atoms with Crippen LogP contribution in [0.2, 0.25) is 10.0 Å². The van der Waals surface area contributed by atoms with Crippen molar-refractivity contribution in [3.63, 3.8) is 0 Å². The molecule has 0 bridgehead atoms. The number of terminal acetylenes is 1. The normalized spacial score (nSPS) is 12.8. The van der Waals surface area contributed by atoms with Crippen LogP contribution in [0.4, 0.5) is 0 Å². The van der Waals surface area contributed by atoms with Crippen molar-refractivity contribution < 1.29 is 4.74 Å². The Bertz CT molecular complexity index is 991. The molecule has 0 amide bonds. The minimum Gasteiger partial charge on any atom is -0.457 e. The van der Waals surface area contributed by atoms with E-state index in [1.54, 1.807) is 0 Å². The monoisotopic (exact) mass is 422 g/mol. The van der Waals surface area contributed by atoms with Crippen molar-refractivity contribution in [3.8, 4) is 23.8 Å². The van der Waals surface area contributed by atoms with E-state index in [0.29, 0.717) is 10.0 Å². The molecule has 0 aliphatic heterocycles. The summed E-state index contributed by atoms with van der Waals surface area (Å²) in [4.78, 5) is 0. The highest BCUT2D eigenvalue weighted by molar-refractivity contribution is 6.42. The Morgan fingerprint density at radius 3 is 2.34 bits per heavy atom. The van der Waals surface area contributed by atoms with Gasteiger partial charge >= 0.3 is 0 Å². The predicted molar refractivity (Wildman–Crippen MR) is 123 cm³/mol. The van der Waals surface area contributed by atoms with Gasteiger partial charge in [-0.15, -0.1) is 6.42 Å². The smallest absolute Gasteiger partial charge is 0.127 e. The number of rotatable bonds is 8. The molecule has 1 unspecified atom stereocenters. The molecule has 0 N–H and O–H groups in total. The standard InChI is InChI=1S/C26H24Cl2O/c1-3-26(4-2,21-15-16-24(27)25(28)19-21)17-9-11-20-10-8-14-23(18-20)29-22-12-6-5-7-13-22/h1,5-8,10,12-16,18-19H,4,9,11,17H2,2H3. The summed E-state index contributed by atoms with van der Waals surface area (Å²) >= 11 is 12.3. The van der Waals surface area contributed by atoms with Crippen molar-refractivity contribution >= 4 is 23.2 Å². The Kier molecular flexibility index (Phi) is 7.26. The maximum absolute atomic E-state index is 6.23. The van der Waals surface area contributed by atoms with E-state index in [2.05, 4.69) is 25.0 Å². The summed E-state index contributed by atoms with van der Waals surface area (Å²) < 4.78 is 5.94. The lowest BCUT2D eigenvalue weighted by atomic mass is 9.75. The van der Waals surface area contributed by atoms with E-state index in [1.807, 2.05) is 60.7 Å². The van der Waals surface area contributed by atoms with Gasteiger partial charge in [0, 0.05) is 0 Å². The average molecular weight is 423 g/mol. The second-order valence-electron chi connectivity index (χ2n) is 7.12. The summed E-state index contributed by atoms with van der Waals surface area (Å²) in [6, 6.07) is 23.8. The van der Waals surface area contributed by atoms with Crippen molar-refractivity contribution in [2.45, 2.75) is 38.0 Å². The molecule has 0 aromatic heterocycles. The number of ether oxygens (including phenoxy) is 1. The number of aryl methyl sites for hydroxylation is 1. The fraction of sp³-hybridized carbons (Fsp3) is 0.231. The van der Waals surface area contributed by atoms with Gasteiger partial charge in [0.25, 0.3) is 0 Å². The van der Waals surface area contributed by atoms with Crippen LogP contribution in [0.1, 0.15) is 37.3 Å². The van der Waals surface area contributed by atoms with E-state index in [0.717, 1.165) is 42.7 Å². The van der Waals surface area contributed by atoms with E-state index >= 15 is 0 Å². The molecule has 0 aliphatic rings. The highest BCUT2D eigenvalue weighted by atomic mass is 35.5. The van der Waals surface area contributed by atoms with Gasteiger partial charge in [-0.1, -0.05) is 72.4 Å². The second-order valence-corrected chi connectivity index (χ2v) is 7.94. The van der Waals surface area contributed by atoms with Gasteiger partial charge in [0.1, 0.15) is 11.5 Å². The van der Waals surface area contributed by atoms with Gasteiger partial charge in [-0.05, 0) is 73.2 Å². The maximum Gasteiger partial charge on any atom is 0.127 e. The van der Waals surface area contributed by atoms with Gasteiger partial charge in [-0.25, -0.2) is 0 Å². The third-order valence-corrected chi connectivity index (χ3v) is 6.04. The molecule has 0 saturated carbocycles. The summed E-state index contributed by atoms with van der Waals surface area (Å²) in [5, 5.41) is 1.09. The molecule has 3 rings (SSSR count). The van der Waals surface area contributed by atoms with Crippen LogP contribution in [0.3, 0.4) is 0 Å². The lowest BCUT2D eigenvalue weighted by Gasteiger charge is -2.28. The largest absolute Gasteiger partial charge is 0.457 e. The van der Waals surface area contributed by atoms with Crippen molar-refractivity contribution in [1.82, 2.24) is 0 Å². The van der Waals surface area contributed by atoms with Crippen LogP contribution in [-0.4, -0.2) is 0 Å². The third-order valence-electron chi connectivity index (χ3n) is 5.30. The molecule has 0 saturated heterocycles. The first-order chi connectivity index (χ1) is 14.1. The molecular formula is C26H24Cl2O. The van der Waals surface area contributed by atoms with Crippen molar-refractivity contribution in [3.05, 3.63) is 94.0 Å². The Balaban J connectivity index is 1.68. The fourth-order valence-corrected chi connectivity index (χ4v) is 3.86. The van der Waals surface area contributed by atoms with Gasteiger partial charge in [0.15, 0.2) is 0 Å². The fourth-order valence-electron chi connectivity index (χ4n) is 3.56. The van der Waals surface area contributed by atoms with Crippen LogP contribution in [0.25, 0.3) is 0 Å². The maximum atomic E-state index is 6.23. The SMILES string of the molecule is C#CC(CC)(CCCc1cccc(Oc2ccccc2)c1)c1ccc(Cl)c(Cl)c1. The minimum atomic E-state index is -0.341. The zero-order valence-corrected chi connectivity index (χ0v) is 18.0. The number of halogens is 2. The molecule has 0 aliphatic carbocycles. The second kappa shape index (κ2) is 9.88. The highest BCUT2D eigenvalue weighted by Gasteiger charge is 2.28. The molecule has 3 aromatic carbocycles.